The maximum absolute atomic E-state index is 14.3. The van der Waals surface area contributed by atoms with Crippen molar-refractivity contribution in [3.8, 4) is 0 Å². The summed E-state index contributed by atoms with van der Waals surface area (Å²) in [5.74, 6) is 1.08. The molecule has 6 unspecified atom stereocenters. The highest BCUT2D eigenvalue weighted by atomic mass is 19.1. The Bertz CT molecular complexity index is 493. The molecule has 7 atom stereocenters. The summed E-state index contributed by atoms with van der Waals surface area (Å²) in [6, 6.07) is 1.02. The average molecular weight is 367 g/mol. The molecule has 5 rings (SSSR count). The maximum atomic E-state index is 14.3. The fourth-order valence-corrected chi connectivity index (χ4v) is 6.24. The molecule has 5 aliphatic heterocycles. The van der Waals surface area contributed by atoms with Crippen LogP contribution in [-0.2, 0) is 0 Å². The zero-order valence-corrected chi connectivity index (χ0v) is 15.8. The number of nitrogens with one attached hydrogen (secondary N) is 4. The summed E-state index contributed by atoms with van der Waals surface area (Å²) >= 11 is 0. The van der Waals surface area contributed by atoms with E-state index in [4.69, 9.17) is 0 Å². The Labute approximate surface area is 156 Å². The molecule has 0 amide bonds. The number of halogens is 1. The van der Waals surface area contributed by atoms with Gasteiger partial charge >= 0.3 is 0 Å². The summed E-state index contributed by atoms with van der Waals surface area (Å²) in [5, 5.41) is 13.6. The third-order valence-electron chi connectivity index (χ3n) is 7.50. The first-order valence-electron chi connectivity index (χ1n) is 10.9. The third kappa shape index (κ3) is 3.31. The first-order chi connectivity index (χ1) is 12.8. The molecule has 0 aromatic heterocycles. The van der Waals surface area contributed by atoms with Crippen LogP contribution in [0.25, 0.3) is 0 Å². The van der Waals surface area contributed by atoms with E-state index in [9.17, 15) is 4.39 Å². The number of hydrogen-bond acceptors (Lipinski definition) is 6. The maximum Gasteiger partial charge on any atom is 0.113 e. The number of nitrogens with zero attached hydrogens (tertiary/aromatic N) is 2. The summed E-state index contributed by atoms with van der Waals surface area (Å²) in [7, 11) is 0. The van der Waals surface area contributed by atoms with E-state index in [0.29, 0.717) is 42.8 Å². The van der Waals surface area contributed by atoms with Gasteiger partial charge in [-0.15, -0.1) is 0 Å². The Morgan fingerprint density at radius 2 is 1.92 bits per heavy atom. The van der Waals surface area contributed by atoms with Gasteiger partial charge in [0.15, 0.2) is 0 Å². The molecule has 26 heavy (non-hydrogen) atoms. The summed E-state index contributed by atoms with van der Waals surface area (Å²) < 4.78 is 14.3. The molecule has 6 nitrogen and oxygen atoms in total. The van der Waals surface area contributed by atoms with Crippen LogP contribution in [0.5, 0.6) is 0 Å². The van der Waals surface area contributed by atoms with Crippen molar-refractivity contribution in [1.29, 1.82) is 0 Å². The van der Waals surface area contributed by atoms with E-state index in [0.717, 1.165) is 39.0 Å². The number of piperidine rings is 1. The van der Waals surface area contributed by atoms with Gasteiger partial charge in [0.2, 0.25) is 0 Å². The van der Waals surface area contributed by atoms with Crippen LogP contribution in [0.4, 0.5) is 4.39 Å². The molecular weight excluding hydrogens is 331 g/mol. The van der Waals surface area contributed by atoms with Crippen molar-refractivity contribution >= 4 is 0 Å². The Balaban J connectivity index is 1.39. The molecule has 0 radical (unpaired) electrons. The van der Waals surface area contributed by atoms with Crippen LogP contribution < -0.4 is 21.4 Å². The molecule has 0 spiro atoms. The van der Waals surface area contributed by atoms with Crippen molar-refractivity contribution in [2.24, 2.45) is 11.8 Å². The van der Waals surface area contributed by atoms with Gasteiger partial charge in [-0.05, 0) is 57.5 Å². The summed E-state index contributed by atoms with van der Waals surface area (Å²) in [6.07, 6.45) is 6.97. The lowest BCUT2D eigenvalue weighted by Gasteiger charge is -2.47. The molecular formula is C19H35FN6. The summed E-state index contributed by atoms with van der Waals surface area (Å²) in [6.45, 7) is 6.05. The Morgan fingerprint density at radius 1 is 0.962 bits per heavy atom. The number of alkyl halides is 1. The van der Waals surface area contributed by atoms with Crippen molar-refractivity contribution < 1.29 is 4.39 Å². The zero-order chi connectivity index (χ0) is 17.5. The molecule has 148 valence electrons. The summed E-state index contributed by atoms with van der Waals surface area (Å²) in [4.78, 5) is 2.72. The van der Waals surface area contributed by atoms with Crippen molar-refractivity contribution in [3.05, 3.63) is 0 Å². The Morgan fingerprint density at radius 3 is 2.88 bits per heavy atom. The largest absolute Gasteiger partial charge is 0.316 e. The molecule has 0 aromatic rings. The van der Waals surface area contributed by atoms with Gasteiger partial charge in [0.05, 0.1) is 12.3 Å². The minimum Gasteiger partial charge on any atom is -0.316 e. The second-order valence-electron chi connectivity index (χ2n) is 9.04. The van der Waals surface area contributed by atoms with E-state index in [1.807, 2.05) is 0 Å². The first kappa shape index (κ1) is 17.8. The van der Waals surface area contributed by atoms with Crippen LogP contribution in [0.1, 0.15) is 38.5 Å². The topological polar surface area (TPSA) is 54.6 Å². The van der Waals surface area contributed by atoms with E-state index in [-0.39, 0.29) is 0 Å². The predicted molar refractivity (Wildman–Crippen MR) is 100 cm³/mol. The number of hydrazine groups is 1. The first-order valence-corrected chi connectivity index (χ1v) is 10.9. The fourth-order valence-electron chi connectivity index (χ4n) is 6.24. The monoisotopic (exact) mass is 366 g/mol. The molecule has 4 N–H and O–H groups in total. The molecule has 5 saturated heterocycles. The predicted octanol–water partition coefficient (Wildman–Crippen LogP) is 0.232. The van der Waals surface area contributed by atoms with Crippen LogP contribution in [0.3, 0.4) is 0 Å². The second kappa shape index (κ2) is 7.60. The van der Waals surface area contributed by atoms with Crippen molar-refractivity contribution in [1.82, 2.24) is 31.3 Å². The van der Waals surface area contributed by atoms with E-state index in [1.54, 1.807) is 0 Å². The number of fused-ring (bicyclic) bond motifs is 5. The Kier molecular flexibility index (Phi) is 5.20. The quantitative estimate of drug-likeness (QED) is 0.493. The zero-order valence-electron chi connectivity index (χ0n) is 15.8. The smallest absolute Gasteiger partial charge is 0.113 e. The van der Waals surface area contributed by atoms with Crippen LogP contribution >= 0.6 is 0 Å². The van der Waals surface area contributed by atoms with Gasteiger partial charge in [0.1, 0.15) is 6.17 Å². The molecule has 0 saturated carbocycles. The van der Waals surface area contributed by atoms with E-state index in [2.05, 4.69) is 31.3 Å². The fraction of sp³-hybridized carbons (Fsp3) is 1.00. The lowest BCUT2D eigenvalue weighted by Crippen LogP contribution is -2.64. The van der Waals surface area contributed by atoms with E-state index in [1.165, 1.54) is 32.2 Å². The van der Waals surface area contributed by atoms with Gasteiger partial charge in [-0.3, -0.25) is 15.6 Å². The lowest BCUT2D eigenvalue weighted by atomic mass is 9.80. The third-order valence-corrected chi connectivity index (χ3v) is 7.50. The van der Waals surface area contributed by atoms with Gasteiger partial charge in [-0.2, -0.15) is 0 Å². The second-order valence-corrected chi connectivity index (χ2v) is 9.04. The van der Waals surface area contributed by atoms with Gasteiger partial charge in [-0.1, -0.05) is 0 Å². The molecule has 0 aliphatic carbocycles. The van der Waals surface area contributed by atoms with Gasteiger partial charge in [0, 0.05) is 44.2 Å². The highest BCUT2D eigenvalue weighted by molar-refractivity contribution is 5.00. The van der Waals surface area contributed by atoms with Crippen LogP contribution in [0.15, 0.2) is 0 Å². The normalized spacial score (nSPS) is 48.1. The van der Waals surface area contributed by atoms with Crippen LogP contribution in [0.2, 0.25) is 0 Å². The highest BCUT2D eigenvalue weighted by Crippen LogP contribution is 2.36. The Hall–Kier alpha value is -0.310. The molecule has 0 aromatic carbocycles. The minimum absolute atomic E-state index is 0.428. The SMILES string of the molecule is FC1CNC2CCCNCC3CNN4CCC(NC34)N3CCC[C@@H]3C2C1. The van der Waals surface area contributed by atoms with Crippen molar-refractivity contribution in [3.63, 3.8) is 0 Å². The van der Waals surface area contributed by atoms with Gasteiger partial charge in [-0.25, -0.2) is 9.40 Å². The van der Waals surface area contributed by atoms with Crippen LogP contribution in [-0.4, -0.2) is 79.8 Å². The van der Waals surface area contributed by atoms with E-state index >= 15 is 0 Å². The van der Waals surface area contributed by atoms with Crippen molar-refractivity contribution in [2.75, 3.05) is 39.3 Å². The standard InChI is InChI=1S/C19H35FN6/c20-14-9-15-16(22-12-14)3-1-6-21-10-13-11-23-26-8-5-18(24-19(13)26)25-7-2-4-17(15)25/h13-19,21-24H,1-12H2/t13?,14?,15?,16?,17-,18?,19?/m1/s1. The molecule has 5 heterocycles. The highest BCUT2D eigenvalue weighted by Gasteiger charge is 2.45. The minimum atomic E-state index is -0.675. The van der Waals surface area contributed by atoms with Crippen molar-refractivity contribution in [2.45, 2.75) is 69.1 Å². The van der Waals surface area contributed by atoms with Crippen LogP contribution in [0, 0.1) is 11.8 Å². The van der Waals surface area contributed by atoms with Gasteiger partial charge < -0.3 is 10.6 Å². The summed E-state index contributed by atoms with van der Waals surface area (Å²) in [5.41, 5.74) is 3.59. The number of hydrogen-bond donors (Lipinski definition) is 4. The molecule has 2 bridgehead atoms. The van der Waals surface area contributed by atoms with Gasteiger partial charge in [0.25, 0.3) is 0 Å². The van der Waals surface area contributed by atoms with E-state index < -0.39 is 6.17 Å². The number of rotatable bonds is 0. The molecule has 7 heteroatoms. The lowest BCUT2D eigenvalue weighted by molar-refractivity contribution is -0.00473. The molecule has 5 aliphatic rings. The average Bonchev–Trinajstić information content (AvgIpc) is 3.28. The molecule has 5 fully saturated rings.